The summed E-state index contributed by atoms with van der Waals surface area (Å²) in [6, 6.07) is -1.67. The molecule has 0 aliphatic rings. The van der Waals surface area contributed by atoms with Gasteiger partial charge in [0, 0.05) is 0 Å². The predicted molar refractivity (Wildman–Crippen MR) is 88.5 cm³/mol. The highest BCUT2D eigenvalue weighted by Crippen LogP contribution is 2.27. The second-order valence-electron chi connectivity index (χ2n) is 4.07. The van der Waals surface area contributed by atoms with Gasteiger partial charge in [0.15, 0.2) is 0 Å². The minimum Gasteiger partial charge on any atom is -0.292 e. The van der Waals surface area contributed by atoms with Gasteiger partial charge in [-0.3, -0.25) is 13.7 Å². The van der Waals surface area contributed by atoms with Gasteiger partial charge in [0.05, 0.1) is 0 Å². The van der Waals surface area contributed by atoms with E-state index in [1.807, 2.05) is 0 Å². The molecule has 0 aromatic rings. The van der Waals surface area contributed by atoms with Gasteiger partial charge in [0.2, 0.25) is 0 Å². The molecule has 0 aliphatic carbocycles. The molecule has 0 saturated heterocycles. The maximum absolute atomic E-state index is 2.78. The van der Waals surface area contributed by atoms with Crippen molar-refractivity contribution in [1.82, 2.24) is 13.7 Å². The minimum absolute atomic E-state index is 1.15. The van der Waals surface area contributed by atoms with Gasteiger partial charge < -0.3 is 0 Å². The number of rotatable bonds is 9. The van der Waals surface area contributed by atoms with E-state index in [0.29, 0.717) is 0 Å². The summed E-state index contributed by atoms with van der Waals surface area (Å²) < 4.78 is 8.06. The standard InChI is InChI=1S/C12H30IN3Si/c1-7-14(8-2)17(13,15(9-3)10-4)16(11-5)12-6/h7-12H2,1-6H3. The monoisotopic (exact) mass is 371 g/mol. The van der Waals surface area contributed by atoms with Crippen LogP contribution in [0.15, 0.2) is 0 Å². The van der Waals surface area contributed by atoms with Gasteiger partial charge in [-0.25, -0.2) is 0 Å². The van der Waals surface area contributed by atoms with E-state index in [2.05, 4.69) is 77.0 Å². The lowest BCUT2D eigenvalue weighted by molar-refractivity contribution is 0.290. The first-order valence-corrected chi connectivity index (χ1v) is 12.0. The van der Waals surface area contributed by atoms with Gasteiger partial charge in [0.25, 0.3) is 0 Å². The zero-order chi connectivity index (χ0) is 13.5. The first kappa shape index (κ1) is 17.8. The average molecular weight is 371 g/mol. The van der Waals surface area contributed by atoms with Gasteiger partial charge in [0.1, 0.15) is 0 Å². The van der Waals surface area contributed by atoms with Crippen molar-refractivity contribution in [3.8, 4) is 0 Å². The van der Waals surface area contributed by atoms with Crippen molar-refractivity contribution >= 4 is 27.9 Å². The van der Waals surface area contributed by atoms with Gasteiger partial charge in [-0.1, -0.05) is 63.3 Å². The predicted octanol–water partition coefficient (Wildman–Crippen LogP) is 2.88. The number of hydrogen-bond acceptors (Lipinski definition) is 3. The zero-order valence-corrected chi connectivity index (χ0v) is 15.6. The van der Waals surface area contributed by atoms with Crippen molar-refractivity contribution in [2.75, 3.05) is 39.3 Å². The van der Waals surface area contributed by atoms with Crippen LogP contribution in [-0.2, 0) is 0 Å². The molecule has 0 unspecified atom stereocenters. The molecule has 3 nitrogen and oxygen atoms in total. The first-order chi connectivity index (χ1) is 8.06. The Morgan fingerprint density at radius 3 is 0.882 bits per heavy atom. The molecule has 0 aliphatic heterocycles. The summed E-state index contributed by atoms with van der Waals surface area (Å²) in [6.07, 6.45) is 0. The topological polar surface area (TPSA) is 9.72 Å². The summed E-state index contributed by atoms with van der Waals surface area (Å²) in [6.45, 7) is 20.6. The lowest BCUT2D eigenvalue weighted by atomic mass is 10.6. The van der Waals surface area contributed by atoms with Crippen LogP contribution < -0.4 is 0 Å². The molecule has 0 atom stereocenters. The molecule has 0 aromatic carbocycles. The molecule has 17 heavy (non-hydrogen) atoms. The molecular formula is C12H30IN3Si. The van der Waals surface area contributed by atoms with Gasteiger partial charge in [-0.05, 0) is 39.3 Å². The van der Waals surface area contributed by atoms with E-state index in [9.17, 15) is 0 Å². The summed E-state index contributed by atoms with van der Waals surface area (Å²) >= 11 is 2.78. The van der Waals surface area contributed by atoms with Crippen LogP contribution in [-0.4, -0.2) is 59.0 Å². The van der Waals surface area contributed by atoms with E-state index < -0.39 is 6.06 Å². The molecule has 0 heterocycles. The Kier molecular flexibility index (Phi) is 9.28. The third-order valence-corrected chi connectivity index (χ3v) is 13.9. The lowest BCUT2D eigenvalue weighted by Crippen LogP contribution is -2.71. The summed E-state index contributed by atoms with van der Waals surface area (Å²) in [5, 5.41) is 0. The van der Waals surface area contributed by atoms with E-state index >= 15 is 0 Å². The maximum Gasteiger partial charge on any atom is 0.358 e. The fraction of sp³-hybridized carbons (Fsp3) is 1.00. The smallest absolute Gasteiger partial charge is 0.292 e. The average Bonchev–Trinajstić information content (AvgIpc) is 2.33. The Morgan fingerprint density at radius 2 is 0.765 bits per heavy atom. The summed E-state index contributed by atoms with van der Waals surface area (Å²) in [5.41, 5.74) is 0. The van der Waals surface area contributed by atoms with E-state index in [1.54, 1.807) is 0 Å². The molecule has 104 valence electrons. The molecule has 0 amide bonds. The fourth-order valence-corrected chi connectivity index (χ4v) is 12.2. The number of halogens is 1. The van der Waals surface area contributed by atoms with Crippen LogP contribution in [0.3, 0.4) is 0 Å². The molecule has 0 fully saturated rings. The quantitative estimate of drug-likeness (QED) is 0.351. The third kappa shape index (κ3) is 3.89. The van der Waals surface area contributed by atoms with E-state index in [4.69, 9.17) is 0 Å². The largest absolute Gasteiger partial charge is 0.358 e. The molecular weight excluding hydrogens is 341 g/mol. The number of hydrogen-bond donors (Lipinski definition) is 0. The lowest BCUT2D eigenvalue weighted by Gasteiger charge is -2.49. The van der Waals surface area contributed by atoms with Crippen molar-refractivity contribution < 1.29 is 0 Å². The van der Waals surface area contributed by atoms with E-state index in [-0.39, 0.29) is 0 Å². The molecule has 0 radical (unpaired) electrons. The Morgan fingerprint density at radius 1 is 0.588 bits per heavy atom. The van der Waals surface area contributed by atoms with Crippen LogP contribution in [0.25, 0.3) is 0 Å². The van der Waals surface area contributed by atoms with Crippen molar-refractivity contribution in [2.45, 2.75) is 41.5 Å². The van der Waals surface area contributed by atoms with Crippen LogP contribution in [0.1, 0.15) is 41.5 Å². The Labute approximate surface area is 122 Å². The van der Waals surface area contributed by atoms with Crippen LogP contribution in [0.4, 0.5) is 0 Å². The Hall–Kier alpha value is 0.827. The molecule has 0 N–H and O–H groups in total. The molecule has 0 aromatic heterocycles. The first-order valence-electron chi connectivity index (χ1n) is 7.00. The second-order valence-corrected chi connectivity index (χ2v) is 11.4. The highest BCUT2D eigenvalue weighted by molar-refractivity contribution is 14.1. The Balaban J connectivity index is 5.29. The summed E-state index contributed by atoms with van der Waals surface area (Å²) in [7, 11) is 0. The van der Waals surface area contributed by atoms with Gasteiger partial charge in [-0.15, -0.1) is 0 Å². The van der Waals surface area contributed by atoms with Crippen LogP contribution in [0.2, 0.25) is 0 Å². The van der Waals surface area contributed by atoms with Gasteiger partial charge >= 0.3 is 6.06 Å². The van der Waals surface area contributed by atoms with Crippen LogP contribution in [0.5, 0.6) is 0 Å². The molecule has 0 saturated carbocycles. The second kappa shape index (κ2) is 8.85. The Bertz CT molecular complexity index is 161. The van der Waals surface area contributed by atoms with Crippen molar-refractivity contribution in [3.63, 3.8) is 0 Å². The van der Waals surface area contributed by atoms with Crippen molar-refractivity contribution in [3.05, 3.63) is 0 Å². The van der Waals surface area contributed by atoms with E-state index in [0.717, 1.165) is 39.3 Å². The molecule has 0 rings (SSSR count). The normalized spacial score (nSPS) is 13.1. The van der Waals surface area contributed by atoms with Crippen LogP contribution in [0, 0.1) is 0 Å². The number of nitrogens with zero attached hydrogens (tertiary/aromatic N) is 3. The fourth-order valence-electron chi connectivity index (χ4n) is 2.48. The highest BCUT2D eigenvalue weighted by Gasteiger charge is 2.46. The summed E-state index contributed by atoms with van der Waals surface area (Å²) in [4.78, 5) is 0. The van der Waals surface area contributed by atoms with Crippen molar-refractivity contribution in [2.24, 2.45) is 0 Å². The third-order valence-electron chi connectivity index (χ3n) is 3.50. The van der Waals surface area contributed by atoms with E-state index in [1.165, 1.54) is 0 Å². The van der Waals surface area contributed by atoms with Gasteiger partial charge in [-0.2, -0.15) is 0 Å². The molecule has 0 spiro atoms. The van der Waals surface area contributed by atoms with Crippen LogP contribution >= 0.6 is 21.8 Å². The molecule has 0 bridgehead atoms. The maximum atomic E-state index is 2.78. The van der Waals surface area contributed by atoms with Crippen molar-refractivity contribution in [1.29, 1.82) is 0 Å². The minimum atomic E-state index is -1.67. The zero-order valence-electron chi connectivity index (χ0n) is 12.5. The summed E-state index contributed by atoms with van der Waals surface area (Å²) in [5.74, 6) is 0. The highest BCUT2D eigenvalue weighted by atomic mass is 127. The molecule has 5 heteroatoms. The SMILES string of the molecule is CCN(CC)[Si](I)(N(CC)CC)N(CC)CC.